The van der Waals surface area contributed by atoms with Crippen LogP contribution in [0.2, 0.25) is 0 Å². The number of nitro groups is 4. The fraction of sp³-hybridized carbons (Fsp3) is 0. The van der Waals surface area contributed by atoms with Crippen molar-refractivity contribution in [2.45, 2.75) is 4.90 Å². The van der Waals surface area contributed by atoms with Crippen molar-refractivity contribution in [3.8, 4) is 28.7 Å². The average Bonchev–Trinajstić information content (AvgIpc) is 3.19. The predicted molar refractivity (Wildman–Crippen MR) is 201 cm³/mol. The maximum atomic E-state index is 11.5. The van der Waals surface area contributed by atoms with Crippen molar-refractivity contribution in [3.63, 3.8) is 0 Å². The first-order valence-corrected chi connectivity index (χ1v) is 17.3. The van der Waals surface area contributed by atoms with Gasteiger partial charge in [0.1, 0.15) is 44.4 Å². The zero-order valence-electron chi connectivity index (χ0n) is 31.4. The molecule has 0 saturated heterocycles. The first-order valence-electron chi connectivity index (χ1n) is 15.6. The number of rotatable bonds is 12. The van der Waals surface area contributed by atoms with E-state index < -0.39 is 91.8 Å². The van der Waals surface area contributed by atoms with Gasteiger partial charge < -0.3 is 47.1 Å². The van der Waals surface area contributed by atoms with E-state index in [9.17, 15) is 73.9 Å². The molecule has 0 saturated carbocycles. The third-order valence-electron chi connectivity index (χ3n) is 7.78. The van der Waals surface area contributed by atoms with Crippen molar-refractivity contribution in [3.05, 3.63) is 125 Å². The van der Waals surface area contributed by atoms with Crippen molar-refractivity contribution >= 4 is 90.1 Å². The molecule has 0 aromatic heterocycles. The fourth-order valence-electron chi connectivity index (χ4n) is 5.19. The summed E-state index contributed by atoms with van der Waals surface area (Å²) in [4.78, 5) is 44.3. The Morgan fingerprint density at radius 1 is 0.571 bits per heavy atom. The van der Waals surface area contributed by atoms with Crippen molar-refractivity contribution in [2.75, 3.05) is 0 Å². The van der Waals surface area contributed by atoms with Crippen LogP contribution in [0, 0.1) is 40.5 Å². The number of benzene rings is 6. The maximum Gasteiger partial charge on any atom is 1.00 e. The molecule has 314 valence electrons. The largest absolute Gasteiger partial charge is 1.00 e. The Morgan fingerprint density at radius 3 is 1.37 bits per heavy atom. The number of hydrogen-bond donors (Lipinski definition) is 4. The summed E-state index contributed by atoms with van der Waals surface area (Å²) in [5.74, 6) is -3.10. The molecule has 4 N–H and O–H groups in total. The first kappa shape index (κ1) is 53.5. The van der Waals surface area contributed by atoms with E-state index in [4.69, 9.17) is 4.89 Å². The van der Waals surface area contributed by atoms with E-state index in [0.29, 0.717) is 29.0 Å². The van der Waals surface area contributed by atoms with Crippen molar-refractivity contribution in [1.29, 1.82) is 0 Å². The molecule has 0 spiro atoms. The number of fused-ring (bicyclic) bond motifs is 2. The van der Waals surface area contributed by atoms with Crippen LogP contribution in [0.25, 0.3) is 21.5 Å². The van der Waals surface area contributed by atoms with E-state index in [0.717, 1.165) is 18.2 Å². The number of nitro benzene ring substituents is 4. The van der Waals surface area contributed by atoms with Crippen LogP contribution in [0.1, 0.15) is 0 Å². The summed E-state index contributed by atoms with van der Waals surface area (Å²) < 4.78 is 38.3. The first-order chi connectivity index (χ1) is 28.3. The van der Waals surface area contributed by atoms with Crippen LogP contribution in [0.15, 0.2) is 110 Å². The summed E-state index contributed by atoms with van der Waals surface area (Å²) in [7, 11) is -4.95. The number of hydrogen-bond acceptors (Lipinski definition) is 23. The van der Waals surface area contributed by atoms with Gasteiger partial charge in [0.2, 0.25) is 11.5 Å². The molecule has 0 amide bonds. The van der Waals surface area contributed by atoms with Crippen LogP contribution in [0.3, 0.4) is 0 Å². The minimum atomic E-state index is -4.95. The van der Waals surface area contributed by atoms with Crippen LogP contribution in [-0.2, 0) is 49.8 Å². The summed E-state index contributed by atoms with van der Waals surface area (Å²) in [6, 6.07) is 16.3. The van der Waals surface area contributed by atoms with E-state index in [1.54, 1.807) is 24.3 Å². The van der Waals surface area contributed by atoms with Gasteiger partial charge in [-0.1, -0.05) is 48.5 Å². The molecule has 0 radical (unpaired) electrons. The van der Waals surface area contributed by atoms with Gasteiger partial charge in [-0.25, -0.2) is 8.42 Å². The van der Waals surface area contributed by atoms with E-state index in [2.05, 4.69) is 42.7 Å². The minimum absolute atomic E-state index is 0. The molecule has 26 nitrogen and oxygen atoms in total. The average molecular weight is 965 g/mol. The molecule has 6 aromatic carbocycles. The maximum absolute atomic E-state index is 11.5. The molecule has 0 aliphatic carbocycles. The Balaban J connectivity index is 0.000000414. The van der Waals surface area contributed by atoms with Crippen LogP contribution in [0.5, 0.6) is 28.7 Å². The van der Waals surface area contributed by atoms with Crippen molar-refractivity contribution < 1.29 is 144 Å². The molecule has 63 heavy (non-hydrogen) atoms. The third-order valence-corrected chi connectivity index (χ3v) is 8.71. The molecule has 31 heteroatoms. The Kier molecular flexibility index (Phi) is 19.2. The van der Waals surface area contributed by atoms with Crippen LogP contribution in [-0.4, -0.2) is 53.1 Å². The molecule has 0 bridgehead atoms. The molecule has 0 fully saturated rings. The van der Waals surface area contributed by atoms with E-state index >= 15 is 0 Å². The van der Waals surface area contributed by atoms with Crippen molar-refractivity contribution in [1.82, 2.24) is 0 Å². The number of phenols is 4. The molecular formula is C32H18CrN8Na2O18S2. The third kappa shape index (κ3) is 12.3. The fourth-order valence-corrected chi connectivity index (χ4v) is 5.92. The van der Waals surface area contributed by atoms with Gasteiger partial charge in [-0.3, -0.25) is 40.5 Å². The number of aromatic hydroxyl groups is 4. The minimum Gasteiger partial charge on any atom is -0.744 e. The number of nitrogens with zero attached hydrogens (tertiary/aromatic N) is 8. The second kappa shape index (κ2) is 22.6. The summed E-state index contributed by atoms with van der Waals surface area (Å²) >= 11 is 4.14. The van der Waals surface area contributed by atoms with Gasteiger partial charge >= 0.3 is 70.5 Å². The number of phenolic OH excluding ortho intramolecular Hbond substituents is 4. The van der Waals surface area contributed by atoms with Gasteiger partial charge in [0.15, 0.2) is 5.75 Å². The van der Waals surface area contributed by atoms with Crippen molar-refractivity contribution in [2.24, 2.45) is 20.5 Å². The second-order valence-corrected chi connectivity index (χ2v) is 12.8. The summed E-state index contributed by atoms with van der Waals surface area (Å²) in [5, 5.41) is 104. The molecule has 6 rings (SSSR count). The number of non-ortho nitro benzene ring substituents is 2. The van der Waals surface area contributed by atoms with Gasteiger partial charge in [-0.2, -0.15) is 0 Å². The second-order valence-electron chi connectivity index (χ2n) is 11.3. The summed E-state index contributed by atoms with van der Waals surface area (Å²) in [6.45, 7) is 0. The van der Waals surface area contributed by atoms with Crippen LogP contribution in [0.4, 0.5) is 45.5 Å². The molecule has 0 heterocycles. The zero-order chi connectivity index (χ0) is 44.1. The quantitative estimate of drug-likeness (QED) is 0.0257. The van der Waals surface area contributed by atoms with Gasteiger partial charge in [-0.05, 0) is 5.04 Å². The molecule has 6 aromatic rings. The Labute approximate surface area is 410 Å². The van der Waals surface area contributed by atoms with Gasteiger partial charge in [0.05, 0.1) is 36.7 Å². The van der Waals surface area contributed by atoms with Gasteiger partial charge in [0, 0.05) is 63.2 Å². The SMILES string of the molecule is O=[N+]([O-])c1cc(N=Nc2c(O)cc(OOO[S-])c3ccccc23)c(O)c([N+](=O)[O-])c1.O=[N+]([O-])c1cc(N=Nc2c(O)cc(S(=O)(=O)[O-])c3ccccc23)c(O)c([N+](=O)[O-])c1.[Cr].[Na+].[Na+]. The topological polar surface area (TPSA) is 388 Å². The smallest absolute Gasteiger partial charge is 0.744 e. The zero-order valence-corrected chi connectivity index (χ0v) is 38.3. The monoisotopic (exact) mass is 964 g/mol. The van der Waals surface area contributed by atoms with Gasteiger partial charge in [-0.15, -0.1) is 20.5 Å². The molecule has 0 aliphatic rings. The molecule has 0 atom stereocenters. The van der Waals surface area contributed by atoms with Crippen LogP contribution >= 0.6 is 0 Å². The van der Waals surface area contributed by atoms with Gasteiger partial charge in [0.25, 0.3) is 11.4 Å². The van der Waals surface area contributed by atoms with E-state index in [1.807, 2.05) is 0 Å². The standard InChI is InChI=1S/2C16H10N4O9S.Cr.2Na/c21-13-7-14(30(27,28)29)9-3-1-2-4-10(9)15(13)18-17-11-5-8(19(23)24)6-12(16(11)22)20(25)26;21-13-7-14(27-28-29-30)9-3-1-2-4-10(9)15(13)18-17-11-5-8(19(23)24)6-12(16(11)22)20(25)26;;;/h1-7,21-22H,(H,27,28,29);1-7,21-22,30H;;;/q;;;2*+1/p-2. The molecule has 0 aliphatic heterocycles. The number of azo groups is 2. The summed E-state index contributed by atoms with van der Waals surface area (Å²) in [6.07, 6.45) is 0. The summed E-state index contributed by atoms with van der Waals surface area (Å²) in [5.41, 5.74) is -4.93. The van der Waals surface area contributed by atoms with E-state index in [1.165, 1.54) is 24.3 Å². The Hall–Kier alpha value is -5.65. The predicted octanol–water partition coefficient (Wildman–Crippen LogP) is 1.58. The van der Waals surface area contributed by atoms with E-state index in [-0.39, 0.29) is 104 Å². The molecule has 0 unspecified atom stereocenters. The Morgan fingerprint density at radius 2 is 0.968 bits per heavy atom. The van der Waals surface area contributed by atoms with Crippen LogP contribution < -0.4 is 64.0 Å². The Bertz CT molecular complexity index is 2950. The normalized spacial score (nSPS) is 10.9. The molecular weight excluding hydrogens is 946 g/mol.